The molecule has 1 atom stereocenters. The Morgan fingerprint density at radius 3 is 2.84 bits per heavy atom. The summed E-state index contributed by atoms with van der Waals surface area (Å²) in [5.41, 5.74) is 2.50. The third-order valence-electron chi connectivity index (χ3n) is 3.29. The van der Waals surface area contributed by atoms with Crippen LogP contribution in [-0.2, 0) is 6.42 Å². The lowest BCUT2D eigenvalue weighted by molar-refractivity contribution is 0.194. The van der Waals surface area contributed by atoms with E-state index in [0.29, 0.717) is 0 Å². The van der Waals surface area contributed by atoms with Crippen LogP contribution >= 0.6 is 0 Å². The predicted octanol–water partition coefficient (Wildman–Crippen LogP) is 2.22. The normalized spacial score (nSPS) is 13.1. The van der Waals surface area contributed by atoms with Crippen LogP contribution in [0.5, 0.6) is 5.75 Å². The summed E-state index contributed by atoms with van der Waals surface area (Å²) >= 11 is 0. The Labute approximate surface area is 114 Å². The molecular weight excluding hydrogens is 238 g/mol. The quantitative estimate of drug-likeness (QED) is 0.783. The lowest BCUT2D eigenvalue weighted by Crippen LogP contribution is -2.27. The Hall–Kier alpha value is -1.52. The van der Waals surface area contributed by atoms with E-state index in [2.05, 4.69) is 47.6 Å². The summed E-state index contributed by atoms with van der Waals surface area (Å²) in [5, 5.41) is 4.33. The average Bonchev–Trinajstić information content (AvgIpc) is 2.78. The Kier molecular flexibility index (Phi) is 4.45. The van der Waals surface area contributed by atoms with Gasteiger partial charge in [-0.15, -0.1) is 0 Å². The predicted molar refractivity (Wildman–Crippen MR) is 79.7 cm³/mol. The van der Waals surface area contributed by atoms with Crippen molar-refractivity contribution in [3.8, 4) is 5.75 Å². The number of benzene rings is 1. The summed E-state index contributed by atoms with van der Waals surface area (Å²) in [5.74, 6) is 0.903. The number of aromatic nitrogens is 1. The van der Waals surface area contributed by atoms with E-state index < -0.39 is 0 Å². The van der Waals surface area contributed by atoms with Crippen LogP contribution in [0.2, 0.25) is 0 Å². The van der Waals surface area contributed by atoms with Gasteiger partial charge in [-0.1, -0.05) is 0 Å². The number of nitrogens with one attached hydrogen (secondary N) is 2. The van der Waals surface area contributed by atoms with Gasteiger partial charge in [0.15, 0.2) is 0 Å². The van der Waals surface area contributed by atoms with Crippen molar-refractivity contribution < 1.29 is 4.74 Å². The molecule has 4 nitrogen and oxygen atoms in total. The van der Waals surface area contributed by atoms with E-state index in [9.17, 15) is 0 Å². The van der Waals surface area contributed by atoms with Crippen LogP contribution in [0, 0.1) is 0 Å². The fourth-order valence-corrected chi connectivity index (χ4v) is 2.04. The molecule has 0 aliphatic heterocycles. The number of hydrogen-bond donors (Lipinski definition) is 2. The molecule has 0 saturated heterocycles. The van der Waals surface area contributed by atoms with Crippen molar-refractivity contribution in [2.75, 3.05) is 27.7 Å². The minimum Gasteiger partial charge on any atom is -0.476 e. The number of likely N-dealkylation sites (N-methyl/N-ethyl adjacent to an activating group) is 1. The van der Waals surface area contributed by atoms with E-state index in [1.54, 1.807) is 0 Å². The van der Waals surface area contributed by atoms with Crippen LogP contribution in [0.1, 0.15) is 12.5 Å². The van der Waals surface area contributed by atoms with Crippen molar-refractivity contribution in [3.05, 3.63) is 30.0 Å². The molecule has 0 amide bonds. The standard InChI is InChI=1S/C15H23N3O/c1-11(16-2)19-13-5-6-15-14(9-13)12(10-17-15)7-8-18(3)4/h5-6,9-11,16-17H,7-8H2,1-4H3. The minimum atomic E-state index is 0.0154. The smallest absolute Gasteiger partial charge is 0.147 e. The Morgan fingerprint density at radius 2 is 2.16 bits per heavy atom. The zero-order chi connectivity index (χ0) is 13.8. The van der Waals surface area contributed by atoms with E-state index in [-0.39, 0.29) is 6.23 Å². The largest absolute Gasteiger partial charge is 0.476 e. The monoisotopic (exact) mass is 261 g/mol. The summed E-state index contributed by atoms with van der Waals surface area (Å²) < 4.78 is 5.79. The van der Waals surface area contributed by atoms with E-state index >= 15 is 0 Å². The van der Waals surface area contributed by atoms with Crippen molar-refractivity contribution in [2.24, 2.45) is 0 Å². The molecule has 104 valence electrons. The first-order valence-electron chi connectivity index (χ1n) is 6.69. The van der Waals surface area contributed by atoms with Gasteiger partial charge in [0.25, 0.3) is 0 Å². The van der Waals surface area contributed by atoms with Crippen molar-refractivity contribution in [3.63, 3.8) is 0 Å². The summed E-state index contributed by atoms with van der Waals surface area (Å²) in [4.78, 5) is 5.51. The second-order valence-corrected chi connectivity index (χ2v) is 5.12. The topological polar surface area (TPSA) is 40.3 Å². The maximum Gasteiger partial charge on any atom is 0.147 e. The Bertz CT molecular complexity index is 533. The van der Waals surface area contributed by atoms with Gasteiger partial charge in [-0.2, -0.15) is 0 Å². The van der Waals surface area contributed by atoms with E-state index in [4.69, 9.17) is 4.74 Å². The molecule has 0 spiro atoms. The molecule has 2 aromatic rings. The van der Waals surface area contributed by atoms with Gasteiger partial charge in [0, 0.05) is 23.6 Å². The molecule has 1 aromatic carbocycles. The lowest BCUT2D eigenvalue weighted by Gasteiger charge is -2.13. The third-order valence-corrected chi connectivity index (χ3v) is 3.29. The van der Waals surface area contributed by atoms with Crippen LogP contribution < -0.4 is 10.1 Å². The first-order valence-corrected chi connectivity index (χ1v) is 6.69. The van der Waals surface area contributed by atoms with Gasteiger partial charge in [0.05, 0.1) is 0 Å². The molecule has 0 radical (unpaired) electrons. The van der Waals surface area contributed by atoms with E-state index in [1.807, 2.05) is 20.0 Å². The molecule has 4 heteroatoms. The number of hydrogen-bond acceptors (Lipinski definition) is 3. The molecule has 1 unspecified atom stereocenters. The van der Waals surface area contributed by atoms with E-state index in [1.165, 1.54) is 16.5 Å². The van der Waals surface area contributed by atoms with Gasteiger partial charge in [0.2, 0.25) is 0 Å². The molecular formula is C15H23N3O. The fraction of sp³-hybridized carbons (Fsp3) is 0.467. The highest BCUT2D eigenvalue weighted by Crippen LogP contribution is 2.24. The molecule has 1 heterocycles. The number of aromatic amines is 1. The van der Waals surface area contributed by atoms with Gasteiger partial charge in [-0.05, 0) is 58.3 Å². The summed E-state index contributed by atoms with van der Waals surface area (Å²) in [6.07, 6.45) is 3.15. The summed E-state index contributed by atoms with van der Waals surface area (Å²) in [7, 11) is 6.08. The number of H-pyrrole nitrogens is 1. The molecule has 0 aliphatic carbocycles. The fourth-order valence-electron chi connectivity index (χ4n) is 2.04. The zero-order valence-electron chi connectivity index (χ0n) is 12.2. The second-order valence-electron chi connectivity index (χ2n) is 5.12. The third kappa shape index (κ3) is 3.49. The molecule has 0 fully saturated rings. The van der Waals surface area contributed by atoms with Crippen LogP contribution in [0.3, 0.4) is 0 Å². The molecule has 2 rings (SSSR count). The number of fused-ring (bicyclic) bond motifs is 1. The SMILES string of the molecule is CNC(C)Oc1ccc2[nH]cc(CCN(C)C)c2c1. The highest BCUT2D eigenvalue weighted by atomic mass is 16.5. The van der Waals surface area contributed by atoms with Crippen molar-refractivity contribution in [1.29, 1.82) is 0 Å². The first kappa shape index (κ1) is 13.9. The minimum absolute atomic E-state index is 0.0154. The highest BCUT2D eigenvalue weighted by Gasteiger charge is 2.07. The molecule has 0 bridgehead atoms. The lowest BCUT2D eigenvalue weighted by atomic mass is 10.1. The van der Waals surface area contributed by atoms with Gasteiger partial charge in [-0.3, -0.25) is 5.32 Å². The average molecular weight is 261 g/mol. The first-order chi connectivity index (χ1) is 9.10. The number of rotatable bonds is 6. The highest BCUT2D eigenvalue weighted by molar-refractivity contribution is 5.84. The summed E-state index contributed by atoms with van der Waals surface area (Å²) in [6.45, 7) is 3.04. The van der Waals surface area contributed by atoms with Crippen molar-refractivity contribution >= 4 is 10.9 Å². The Morgan fingerprint density at radius 1 is 1.37 bits per heavy atom. The van der Waals surface area contributed by atoms with Crippen LogP contribution in [0.15, 0.2) is 24.4 Å². The van der Waals surface area contributed by atoms with E-state index in [0.717, 1.165) is 18.7 Å². The maximum absolute atomic E-state index is 5.79. The molecule has 0 saturated carbocycles. The van der Waals surface area contributed by atoms with Gasteiger partial charge < -0.3 is 14.6 Å². The van der Waals surface area contributed by atoms with Crippen LogP contribution in [0.4, 0.5) is 0 Å². The van der Waals surface area contributed by atoms with Crippen LogP contribution in [-0.4, -0.2) is 43.8 Å². The number of ether oxygens (including phenoxy) is 1. The number of nitrogens with zero attached hydrogens (tertiary/aromatic N) is 1. The van der Waals surface area contributed by atoms with Crippen molar-refractivity contribution in [2.45, 2.75) is 19.6 Å². The van der Waals surface area contributed by atoms with Gasteiger partial charge in [-0.25, -0.2) is 0 Å². The zero-order valence-corrected chi connectivity index (χ0v) is 12.2. The molecule has 2 N–H and O–H groups in total. The second kappa shape index (κ2) is 6.08. The Balaban J connectivity index is 2.21. The summed E-state index contributed by atoms with van der Waals surface area (Å²) in [6, 6.07) is 6.19. The van der Waals surface area contributed by atoms with Crippen LogP contribution in [0.25, 0.3) is 10.9 Å². The van der Waals surface area contributed by atoms with Gasteiger partial charge >= 0.3 is 0 Å². The molecule has 1 aromatic heterocycles. The molecule has 0 aliphatic rings. The maximum atomic E-state index is 5.79. The molecule has 19 heavy (non-hydrogen) atoms. The van der Waals surface area contributed by atoms with Crippen molar-refractivity contribution in [1.82, 2.24) is 15.2 Å². The van der Waals surface area contributed by atoms with Gasteiger partial charge in [0.1, 0.15) is 12.0 Å².